The smallest absolute Gasteiger partial charge is 0.475 e. The van der Waals surface area contributed by atoms with Gasteiger partial charge in [-0.05, 0) is 41.9 Å². The van der Waals surface area contributed by atoms with E-state index in [1.54, 1.807) is 16.7 Å². The van der Waals surface area contributed by atoms with E-state index in [2.05, 4.69) is 10.3 Å². The fourth-order valence-electron chi connectivity index (χ4n) is 3.60. The Kier molecular flexibility index (Phi) is 7.69. The number of amides is 1. The van der Waals surface area contributed by atoms with Gasteiger partial charge in [0.15, 0.2) is 0 Å². The lowest BCUT2D eigenvalue weighted by Crippen LogP contribution is -2.33. The number of pyridine rings is 1. The fourth-order valence-corrected chi connectivity index (χ4v) is 5.48. The molecule has 174 valence electrons. The van der Waals surface area contributed by atoms with Crippen molar-refractivity contribution in [3.05, 3.63) is 30.1 Å². The molecule has 1 aliphatic heterocycles. The number of carboxylic acids is 1. The second kappa shape index (κ2) is 9.51. The first-order chi connectivity index (χ1) is 14.3. The van der Waals surface area contributed by atoms with Gasteiger partial charge in [0.25, 0.3) is 0 Å². The molecule has 1 saturated carbocycles. The Morgan fingerprint density at radius 3 is 2.42 bits per heavy atom. The SMILES string of the molecule is CC(C)CS(=O)(=O)N1CCC2(CC2C(=O)NCc2ccncc2)C1.O=C(O)C(F)(F)F. The molecule has 3 rings (SSSR count). The molecule has 2 unspecified atom stereocenters. The Hall–Kier alpha value is -2.21. The van der Waals surface area contributed by atoms with Crippen molar-refractivity contribution in [3.63, 3.8) is 0 Å². The van der Waals surface area contributed by atoms with Crippen LogP contribution in [0.4, 0.5) is 13.2 Å². The van der Waals surface area contributed by atoms with Crippen molar-refractivity contribution in [1.29, 1.82) is 0 Å². The first-order valence-electron chi connectivity index (χ1n) is 9.71. The molecule has 31 heavy (non-hydrogen) atoms. The van der Waals surface area contributed by atoms with Crippen LogP contribution < -0.4 is 5.32 Å². The summed E-state index contributed by atoms with van der Waals surface area (Å²) in [6.07, 6.45) is -0.0936. The first kappa shape index (κ1) is 25.1. The zero-order chi connectivity index (χ0) is 23.4. The Bertz CT molecular complexity index is 893. The maximum absolute atomic E-state index is 12.4. The number of hydrogen-bond donors (Lipinski definition) is 2. The van der Waals surface area contributed by atoms with Crippen molar-refractivity contribution in [1.82, 2.24) is 14.6 Å². The highest BCUT2D eigenvalue weighted by molar-refractivity contribution is 7.89. The molecule has 2 atom stereocenters. The Morgan fingerprint density at radius 1 is 1.32 bits per heavy atom. The lowest BCUT2D eigenvalue weighted by Gasteiger charge is -2.18. The van der Waals surface area contributed by atoms with E-state index >= 15 is 0 Å². The van der Waals surface area contributed by atoms with Crippen molar-refractivity contribution in [2.75, 3.05) is 18.8 Å². The Labute approximate surface area is 178 Å². The molecular weight excluding hydrogens is 439 g/mol. The van der Waals surface area contributed by atoms with Crippen molar-refractivity contribution in [2.24, 2.45) is 17.3 Å². The van der Waals surface area contributed by atoms with Crippen LogP contribution in [0.25, 0.3) is 0 Å². The molecule has 0 radical (unpaired) electrons. The van der Waals surface area contributed by atoms with Gasteiger partial charge in [-0.25, -0.2) is 17.5 Å². The van der Waals surface area contributed by atoms with E-state index < -0.39 is 22.2 Å². The van der Waals surface area contributed by atoms with E-state index in [-0.39, 0.29) is 28.9 Å². The highest BCUT2D eigenvalue weighted by Gasteiger charge is 2.61. The number of nitrogens with zero attached hydrogens (tertiary/aromatic N) is 2. The first-order valence-corrected chi connectivity index (χ1v) is 11.3. The normalized spacial score (nSPS) is 23.4. The molecule has 1 spiro atoms. The number of rotatable bonds is 6. The van der Waals surface area contributed by atoms with Crippen molar-refractivity contribution >= 4 is 21.9 Å². The Morgan fingerprint density at radius 2 is 1.90 bits per heavy atom. The summed E-state index contributed by atoms with van der Waals surface area (Å²) in [7, 11) is -3.20. The van der Waals surface area contributed by atoms with Crippen LogP contribution in [0.5, 0.6) is 0 Å². The van der Waals surface area contributed by atoms with Gasteiger partial charge in [0.1, 0.15) is 0 Å². The van der Waals surface area contributed by atoms with E-state index in [1.165, 1.54) is 0 Å². The molecule has 1 saturated heterocycles. The van der Waals surface area contributed by atoms with Crippen LogP contribution in [-0.4, -0.2) is 59.7 Å². The highest BCUT2D eigenvalue weighted by atomic mass is 32.2. The van der Waals surface area contributed by atoms with Gasteiger partial charge in [-0.15, -0.1) is 0 Å². The lowest BCUT2D eigenvalue weighted by molar-refractivity contribution is -0.192. The molecule has 0 bridgehead atoms. The summed E-state index contributed by atoms with van der Waals surface area (Å²) in [6.45, 7) is 5.35. The topological polar surface area (TPSA) is 117 Å². The summed E-state index contributed by atoms with van der Waals surface area (Å²) in [5.74, 6) is -2.48. The van der Waals surface area contributed by atoms with E-state index in [0.29, 0.717) is 19.6 Å². The van der Waals surface area contributed by atoms with Gasteiger partial charge < -0.3 is 10.4 Å². The third kappa shape index (κ3) is 6.89. The number of carbonyl (C=O) groups is 2. The van der Waals surface area contributed by atoms with Crippen LogP contribution in [0.3, 0.4) is 0 Å². The maximum atomic E-state index is 12.4. The predicted molar refractivity (Wildman–Crippen MR) is 105 cm³/mol. The van der Waals surface area contributed by atoms with Crippen LogP contribution in [0.2, 0.25) is 0 Å². The third-order valence-electron chi connectivity index (χ3n) is 5.25. The molecule has 2 heterocycles. The quantitative estimate of drug-likeness (QED) is 0.664. The number of aromatic nitrogens is 1. The second-order valence-electron chi connectivity index (χ2n) is 8.25. The summed E-state index contributed by atoms with van der Waals surface area (Å²) in [5, 5.41) is 10.1. The van der Waals surface area contributed by atoms with Gasteiger partial charge in [0.2, 0.25) is 15.9 Å². The standard InChI is InChI=1S/C17H25N3O3S.C2HF3O2/c1-13(2)11-24(22,23)20-8-5-17(12-20)9-15(17)16(21)19-10-14-3-6-18-7-4-14;3-2(4,5)1(6)7/h3-4,6-7,13,15H,5,8-12H2,1-2H3,(H,19,21);(H,6,7). The zero-order valence-electron chi connectivity index (χ0n) is 17.2. The summed E-state index contributed by atoms with van der Waals surface area (Å²) >= 11 is 0. The summed E-state index contributed by atoms with van der Waals surface area (Å²) < 4.78 is 58.1. The van der Waals surface area contributed by atoms with Crippen LogP contribution in [-0.2, 0) is 26.2 Å². The maximum Gasteiger partial charge on any atom is 0.490 e. The molecule has 12 heteroatoms. The summed E-state index contributed by atoms with van der Waals surface area (Å²) in [5.41, 5.74) is 0.882. The molecule has 2 aliphatic rings. The highest BCUT2D eigenvalue weighted by Crippen LogP contribution is 2.59. The van der Waals surface area contributed by atoms with Crippen LogP contribution in [0, 0.1) is 17.3 Å². The van der Waals surface area contributed by atoms with Crippen LogP contribution >= 0.6 is 0 Å². The van der Waals surface area contributed by atoms with Gasteiger partial charge in [0.05, 0.1) is 5.75 Å². The summed E-state index contributed by atoms with van der Waals surface area (Å²) in [6, 6.07) is 3.75. The minimum absolute atomic E-state index is 0.0370. The van der Waals surface area contributed by atoms with Gasteiger partial charge in [-0.2, -0.15) is 13.2 Å². The van der Waals surface area contributed by atoms with E-state index in [0.717, 1.165) is 18.4 Å². The number of carbonyl (C=O) groups excluding carboxylic acids is 1. The number of halogens is 3. The number of carboxylic acid groups (broad SMARTS) is 1. The van der Waals surface area contributed by atoms with E-state index in [9.17, 15) is 26.4 Å². The minimum Gasteiger partial charge on any atom is -0.475 e. The average molecular weight is 465 g/mol. The van der Waals surface area contributed by atoms with Gasteiger partial charge in [-0.1, -0.05) is 13.8 Å². The number of alkyl halides is 3. The number of hydrogen-bond acceptors (Lipinski definition) is 5. The number of sulfonamides is 1. The van der Waals surface area contributed by atoms with Crippen LogP contribution in [0.15, 0.2) is 24.5 Å². The van der Waals surface area contributed by atoms with E-state index in [1.807, 2.05) is 26.0 Å². The number of nitrogens with one attached hydrogen (secondary N) is 1. The zero-order valence-corrected chi connectivity index (χ0v) is 18.0. The lowest BCUT2D eigenvalue weighted by atomic mass is 10.0. The molecule has 1 aromatic rings. The monoisotopic (exact) mass is 465 g/mol. The minimum atomic E-state index is -5.08. The molecule has 1 aliphatic carbocycles. The third-order valence-corrected chi connectivity index (χ3v) is 7.44. The van der Waals surface area contributed by atoms with Crippen LogP contribution in [0.1, 0.15) is 32.3 Å². The molecule has 2 N–H and O–H groups in total. The fraction of sp³-hybridized carbons (Fsp3) is 0.632. The van der Waals surface area contributed by atoms with E-state index in [4.69, 9.17) is 9.90 Å². The molecule has 1 amide bonds. The van der Waals surface area contributed by atoms with Gasteiger partial charge in [0, 0.05) is 37.9 Å². The number of aliphatic carboxylic acids is 1. The second-order valence-corrected chi connectivity index (χ2v) is 10.3. The predicted octanol–water partition coefficient (Wildman–Crippen LogP) is 2.03. The largest absolute Gasteiger partial charge is 0.490 e. The van der Waals surface area contributed by atoms with Crippen molar-refractivity contribution < 1.29 is 36.3 Å². The van der Waals surface area contributed by atoms with Crippen molar-refractivity contribution in [2.45, 2.75) is 39.4 Å². The molecule has 2 fully saturated rings. The Balaban J connectivity index is 0.000000423. The van der Waals surface area contributed by atoms with Gasteiger partial charge >= 0.3 is 12.1 Å². The molecule has 1 aromatic heterocycles. The summed E-state index contributed by atoms with van der Waals surface area (Å²) in [4.78, 5) is 25.2. The van der Waals surface area contributed by atoms with Gasteiger partial charge in [-0.3, -0.25) is 9.78 Å². The van der Waals surface area contributed by atoms with Crippen molar-refractivity contribution in [3.8, 4) is 0 Å². The average Bonchev–Trinajstić information content (AvgIpc) is 3.18. The molecule has 0 aromatic carbocycles. The molecular formula is C19H26F3N3O5S. The molecule has 8 nitrogen and oxygen atoms in total.